The number of hydrogen-bond donors (Lipinski definition) is 2. The van der Waals surface area contributed by atoms with Crippen LogP contribution in [0.3, 0.4) is 0 Å². The first kappa shape index (κ1) is 15.8. The lowest BCUT2D eigenvalue weighted by molar-refractivity contribution is -0.153. The Morgan fingerprint density at radius 3 is 2.27 bits per heavy atom. The Morgan fingerprint density at radius 1 is 1.18 bits per heavy atom. The van der Waals surface area contributed by atoms with Gasteiger partial charge in [0.1, 0.15) is 17.0 Å². The molecule has 0 aromatic heterocycles. The molecule has 1 aromatic rings. The number of ketones is 2. The molecule has 1 aliphatic rings. The number of esters is 1. The zero-order chi connectivity index (χ0) is 16.5. The third-order valence-electron chi connectivity index (χ3n) is 3.27. The fourth-order valence-corrected chi connectivity index (χ4v) is 2.30. The topological polar surface area (TPSA) is 98.5 Å². The van der Waals surface area contributed by atoms with Crippen molar-refractivity contribution < 1.29 is 19.1 Å². The monoisotopic (exact) mass is 302 g/mol. The normalized spacial score (nSPS) is 14.7. The SMILES string of the molecule is CC(=O)OC(C)(C)CNC1=C(N)C(=O)c2ccccc2C1=O. The van der Waals surface area contributed by atoms with Gasteiger partial charge in [-0.3, -0.25) is 14.4 Å². The van der Waals surface area contributed by atoms with Crippen LogP contribution in [-0.2, 0) is 9.53 Å². The highest BCUT2D eigenvalue weighted by atomic mass is 16.6. The standard InChI is InChI=1S/C16H18N2O4/c1-9(19)22-16(2,3)8-18-13-12(17)14(20)10-6-4-5-7-11(10)15(13)21/h4-7,18H,8,17H2,1-3H3. The van der Waals surface area contributed by atoms with Crippen molar-refractivity contribution in [3.63, 3.8) is 0 Å². The number of carbonyl (C=O) groups is 3. The molecular formula is C16H18N2O4. The fraction of sp³-hybridized carbons (Fsp3) is 0.312. The summed E-state index contributed by atoms with van der Waals surface area (Å²) in [6, 6.07) is 6.52. The second-order valence-corrected chi connectivity index (χ2v) is 5.70. The third-order valence-corrected chi connectivity index (χ3v) is 3.27. The van der Waals surface area contributed by atoms with E-state index in [-0.39, 0.29) is 29.5 Å². The number of Topliss-reactive ketones (excluding diaryl/α,β-unsaturated/α-hetero) is 2. The maximum absolute atomic E-state index is 12.5. The van der Waals surface area contributed by atoms with Crippen molar-refractivity contribution >= 4 is 17.5 Å². The van der Waals surface area contributed by atoms with Crippen LogP contribution in [0.1, 0.15) is 41.5 Å². The number of hydrogen-bond acceptors (Lipinski definition) is 6. The molecule has 0 heterocycles. The second kappa shape index (κ2) is 5.63. The van der Waals surface area contributed by atoms with E-state index >= 15 is 0 Å². The Hall–Kier alpha value is -2.63. The molecule has 3 N–H and O–H groups in total. The summed E-state index contributed by atoms with van der Waals surface area (Å²) in [7, 11) is 0. The number of carbonyl (C=O) groups excluding carboxylic acids is 3. The molecule has 0 unspecified atom stereocenters. The molecule has 0 aliphatic heterocycles. The number of ether oxygens (including phenoxy) is 1. The quantitative estimate of drug-likeness (QED) is 0.810. The highest BCUT2D eigenvalue weighted by molar-refractivity contribution is 6.26. The van der Waals surface area contributed by atoms with Crippen LogP contribution in [0.15, 0.2) is 35.7 Å². The van der Waals surface area contributed by atoms with Crippen LogP contribution in [-0.4, -0.2) is 29.7 Å². The summed E-state index contributed by atoms with van der Waals surface area (Å²) < 4.78 is 5.13. The van der Waals surface area contributed by atoms with Gasteiger partial charge in [0.15, 0.2) is 0 Å². The van der Waals surface area contributed by atoms with E-state index in [4.69, 9.17) is 10.5 Å². The minimum absolute atomic E-state index is 0.0453. The van der Waals surface area contributed by atoms with Gasteiger partial charge >= 0.3 is 5.97 Å². The predicted octanol–water partition coefficient (Wildman–Crippen LogP) is 1.17. The van der Waals surface area contributed by atoms with Crippen molar-refractivity contribution in [2.75, 3.05) is 6.54 Å². The largest absolute Gasteiger partial charge is 0.458 e. The van der Waals surface area contributed by atoms with Crippen molar-refractivity contribution in [2.24, 2.45) is 5.73 Å². The van der Waals surface area contributed by atoms with Crippen molar-refractivity contribution in [2.45, 2.75) is 26.4 Å². The molecule has 6 heteroatoms. The van der Waals surface area contributed by atoms with Crippen LogP contribution >= 0.6 is 0 Å². The molecule has 1 aromatic carbocycles. The molecule has 0 atom stereocenters. The van der Waals surface area contributed by atoms with Crippen LogP contribution in [0, 0.1) is 0 Å². The van der Waals surface area contributed by atoms with Gasteiger partial charge in [-0.05, 0) is 13.8 Å². The molecule has 22 heavy (non-hydrogen) atoms. The Kier molecular flexibility index (Phi) is 4.03. The Bertz CT molecular complexity index is 689. The van der Waals surface area contributed by atoms with Crippen LogP contribution in [0.25, 0.3) is 0 Å². The molecule has 0 saturated heterocycles. The van der Waals surface area contributed by atoms with E-state index in [0.717, 1.165) is 0 Å². The summed E-state index contributed by atoms with van der Waals surface area (Å²) in [6.07, 6.45) is 0. The van der Waals surface area contributed by atoms with Gasteiger partial charge in [-0.2, -0.15) is 0 Å². The Morgan fingerprint density at radius 2 is 1.73 bits per heavy atom. The van der Waals surface area contributed by atoms with E-state index in [1.165, 1.54) is 6.92 Å². The summed E-state index contributed by atoms with van der Waals surface area (Å²) in [4.78, 5) is 35.7. The minimum Gasteiger partial charge on any atom is -0.458 e. The molecule has 0 fully saturated rings. The molecular weight excluding hydrogens is 284 g/mol. The number of benzene rings is 1. The summed E-state index contributed by atoms with van der Waals surface area (Å²) in [5.74, 6) is -1.15. The number of nitrogens with two attached hydrogens (primary N) is 1. The van der Waals surface area contributed by atoms with Crippen molar-refractivity contribution in [1.82, 2.24) is 5.32 Å². The first-order valence-electron chi connectivity index (χ1n) is 6.84. The Labute approximate surface area is 128 Å². The van der Waals surface area contributed by atoms with Gasteiger partial charge in [-0.25, -0.2) is 0 Å². The summed E-state index contributed by atoms with van der Waals surface area (Å²) in [5.41, 5.74) is 5.50. The maximum atomic E-state index is 12.5. The summed E-state index contributed by atoms with van der Waals surface area (Å²) >= 11 is 0. The second-order valence-electron chi connectivity index (χ2n) is 5.70. The van der Waals surface area contributed by atoms with Crippen molar-refractivity contribution in [3.05, 3.63) is 46.8 Å². The fourth-order valence-electron chi connectivity index (χ4n) is 2.30. The van der Waals surface area contributed by atoms with E-state index in [1.54, 1.807) is 38.1 Å². The number of fused-ring (bicyclic) bond motifs is 1. The lowest BCUT2D eigenvalue weighted by Crippen LogP contribution is -2.42. The zero-order valence-corrected chi connectivity index (χ0v) is 12.7. The highest BCUT2D eigenvalue weighted by Gasteiger charge is 2.32. The van der Waals surface area contributed by atoms with Gasteiger partial charge < -0.3 is 15.8 Å². The predicted molar refractivity (Wildman–Crippen MR) is 80.2 cm³/mol. The van der Waals surface area contributed by atoms with Crippen molar-refractivity contribution in [1.29, 1.82) is 0 Å². The van der Waals surface area contributed by atoms with E-state index in [1.807, 2.05) is 0 Å². The van der Waals surface area contributed by atoms with E-state index < -0.39 is 11.6 Å². The average Bonchev–Trinajstić information content (AvgIpc) is 2.43. The Balaban J connectivity index is 2.25. The van der Waals surface area contributed by atoms with Gasteiger partial charge in [0.2, 0.25) is 11.6 Å². The molecule has 2 rings (SSSR count). The average molecular weight is 302 g/mol. The molecule has 116 valence electrons. The van der Waals surface area contributed by atoms with Gasteiger partial charge in [0.05, 0.1) is 6.54 Å². The lowest BCUT2D eigenvalue weighted by atomic mass is 9.90. The number of allylic oxidation sites excluding steroid dienone is 2. The molecule has 0 radical (unpaired) electrons. The molecule has 0 amide bonds. The smallest absolute Gasteiger partial charge is 0.303 e. The summed E-state index contributed by atoms with van der Waals surface area (Å²) in [6.45, 7) is 4.85. The molecule has 0 saturated carbocycles. The molecule has 0 spiro atoms. The molecule has 6 nitrogen and oxygen atoms in total. The van der Waals surface area contributed by atoms with Crippen LogP contribution in [0.2, 0.25) is 0 Å². The van der Waals surface area contributed by atoms with E-state index in [2.05, 4.69) is 5.32 Å². The first-order valence-corrected chi connectivity index (χ1v) is 6.84. The minimum atomic E-state index is -0.834. The van der Waals surface area contributed by atoms with E-state index in [0.29, 0.717) is 11.1 Å². The van der Waals surface area contributed by atoms with Crippen LogP contribution in [0.5, 0.6) is 0 Å². The number of nitrogens with one attached hydrogen (secondary N) is 1. The van der Waals surface area contributed by atoms with Gasteiger partial charge in [0.25, 0.3) is 0 Å². The van der Waals surface area contributed by atoms with Gasteiger partial charge in [0, 0.05) is 18.1 Å². The van der Waals surface area contributed by atoms with Gasteiger partial charge in [-0.15, -0.1) is 0 Å². The molecule has 0 bridgehead atoms. The zero-order valence-electron chi connectivity index (χ0n) is 12.7. The van der Waals surface area contributed by atoms with Gasteiger partial charge in [-0.1, -0.05) is 24.3 Å². The van der Waals surface area contributed by atoms with Crippen molar-refractivity contribution in [3.8, 4) is 0 Å². The number of rotatable bonds is 4. The van der Waals surface area contributed by atoms with E-state index in [9.17, 15) is 14.4 Å². The summed E-state index contributed by atoms with van der Waals surface area (Å²) in [5, 5.41) is 2.85. The van der Waals surface area contributed by atoms with Crippen LogP contribution < -0.4 is 11.1 Å². The highest BCUT2D eigenvalue weighted by Crippen LogP contribution is 2.23. The maximum Gasteiger partial charge on any atom is 0.303 e. The third kappa shape index (κ3) is 3.00. The first-order chi connectivity index (χ1) is 10.2. The van der Waals surface area contributed by atoms with Crippen LogP contribution in [0.4, 0.5) is 0 Å². The molecule has 1 aliphatic carbocycles. The lowest BCUT2D eigenvalue weighted by Gasteiger charge is -2.27.